The summed E-state index contributed by atoms with van der Waals surface area (Å²) in [6.45, 7) is 2.60. The molecule has 0 saturated carbocycles. The van der Waals surface area contributed by atoms with Crippen molar-refractivity contribution >= 4 is 17.7 Å². The first-order valence-corrected chi connectivity index (χ1v) is 9.03. The molecule has 2 aromatic rings. The van der Waals surface area contributed by atoms with Gasteiger partial charge < -0.3 is 15.4 Å². The largest absolute Gasteiger partial charge is 0.383 e. The number of ether oxygens (including phenoxy) is 1. The molecule has 0 aliphatic carbocycles. The molecule has 0 radical (unpaired) electrons. The van der Waals surface area contributed by atoms with Crippen LogP contribution in [0.5, 0.6) is 0 Å². The van der Waals surface area contributed by atoms with Crippen LogP contribution in [0.1, 0.15) is 10.8 Å². The Morgan fingerprint density at radius 2 is 1.80 bits per heavy atom. The molecule has 1 unspecified atom stereocenters. The maximum atomic E-state index is 13.1. The summed E-state index contributed by atoms with van der Waals surface area (Å²) in [5.41, 5.74) is 0.918. The van der Waals surface area contributed by atoms with Crippen LogP contribution in [-0.2, 0) is 9.53 Å². The summed E-state index contributed by atoms with van der Waals surface area (Å²) >= 11 is 1.41. The average molecular weight is 362 g/mol. The van der Waals surface area contributed by atoms with Gasteiger partial charge in [0.15, 0.2) is 0 Å². The molecule has 0 bridgehead atoms. The normalized spacial score (nSPS) is 11.9. The second-order valence-electron chi connectivity index (χ2n) is 5.40. The Morgan fingerprint density at radius 1 is 1.08 bits per heavy atom. The van der Waals surface area contributed by atoms with Crippen molar-refractivity contribution in [3.05, 3.63) is 66.0 Å². The SMILES string of the molecule is COCCNCCNC(=O)C(Sc1ccc(F)cc1)c1ccccc1. The molecule has 6 heteroatoms. The molecule has 0 fully saturated rings. The number of carbonyl (C=O) groups is 1. The van der Waals surface area contributed by atoms with E-state index < -0.39 is 0 Å². The fourth-order valence-corrected chi connectivity index (χ4v) is 3.27. The number of thioether (sulfide) groups is 1. The molecule has 0 saturated heterocycles. The Bertz CT molecular complexity index is 638. The van der Waals surface area contributed by atoms with Crippen molar-refractivity contribution in [2.45, 2.75) is 10.1 Å². The van der Waals surface area contributed by atoms with Gasteiger partial charge in [-0.3, -0.25) is 4.79 Å². The van der Waals surface area contributed by atoms with Crippen molar-refractivity contribution in [1.82, 2.24) is 10.6 Å². The van der Waals surface area contributed by atoms with Crippen LogP contribution in [0.15, 0.2) is 59.5 Å². The third-order valence-electron chi connectivity index (χ3n) is 3.49. The van der Waals surface area contributed by atoms with Gasteiger partial charge in [0.1, 0.15) is 11.1 Å². The summed E-state index contributed by atoms with van der Waals surface area (Å²) in [6.07, 6.45) is 0. The zero-order chi connectivity index (χ0) is 17.9. The first-order valence-electron chi connectivity index (χ1n) is 8.15. The minimum atomic E-state index is -0.384. The van der Waals surface area contributed by atoms with E-state index in [2.05, 4.69) is 10.6 Å². The zero-order valence-electron chi connectivity index (χ0n) is 14.2. The van der Waals surface area contributed by atoms with Crippen LogP contribution in [0, 0.1) is 5.82 Å². The van der Waals surface area contributed by atoms with Crippen molar-refractivity contribution in [3.8, 4) is 0 Å². The van der Waals surface area contributed by atoms with E-state index in [9.17, 15) is 9.18 Å². The summed E-state index contributed by atoms with van der Waals surface area (Å²) in [4.78, 5) is 13.5. The van der Waals surface area contributed by atoms with Gasteiger partial charge in [0, 0.05) is 31.6 Å². The summed E-state index contributed by atoms with van der Waals surface area (Å²) in [6, 6.07) is 15.8. The van der Waals surface area contributed by atoms with Crippen molar-refractivity contribution < 1.29 is 13.9 Å². The topological polar surface area (TPSA) is 50.4 Å². The smallest absolute Gasteiger partial charge is 0.238 e. The van der Waals surface area contributed by atoms with Gasteiger partial charge in [-0.2, -0.15) is 0 Å². The number of halogens is 1. The predicted octanol–water partition coefficient (Wildman–Crippen LogP) is 3.01. The van der Waals surface area contributed by atoms with Gasteiger partial charge in [0.05, 0.1) is 6.61 Å². The number of hydrogen-bond donors (Lipinski definition) is 2. The van der Waals surface area contributed by atoms with E-state index in [1.54, 1.807) is 19.2 Å². The molecule has 0 aromatic heterocycles. The minimum absolute atomic E-state index is 0.0610. The highest BCUT2D eigenvalue weighted by Gasteiger charge is 2.21. The highest BCUT2D eigenvalue weighted by molar-refractivity contribution is 8.00. The quantitative estimate of drug-likeness (QED) is 0.504. The number of methoxy groups -OCH3 is 1. The van der Waals surface area contributed by atoms with Crippen LogP contribution in [0.25, 0.3) is 0 Å². The molecule has 2 aromatic carbocycles. The molecule has 4 nitrogen and oxygen atoms in total. The number of hydrogen-bond acceptors (Lipinski definition) is 4. The molecular weight excluding hydrogens is 339 g/mol. The van der Waals surface area contributed by atoms with Crippen LogP contribution in [0.2, 0.25) is 0 Å². The molecule has 25 heavy (non-hydrogen) atoms. The lowest BCUT2D eigenvalue weighted by molar-refractivity contribution is -0.120. The standard InChI is InChI=1S/C19H23FN2O2S/c1-24-14-13-21-11-12-22-19(23)18(15-5-3-2-4-6-15)25-17-9-7-16(20)8-10-17/h2-10,18,21H,11-14H2,1H3,(H,22,23). The molecule has 1 amide bonds. The number of benzene rings is 2. The van der Waals surface area contributed by atoms with E-state index in [-0.39, 0.29) is 17.0 Å². The number of amides is 1. The van der Waals surface area contributed by atoms with Gasteiger partial charge in [0.2, 0.25) is 5.91 Å². The number of rotatable bonds is 10. The monoisotopic (exact) mass is 362 g/mol. The Balaban J connectivity index is 1.97. The van der Waals surface area contributed by atoms with Crippen molar-refractivity contribution in [2.24, 2.45) is 0 Å². The summed E-state index contributed by atoms with van der Waals surface area (Å²) < 4.78 is 18.1. The van der Waals surface area contributed by atoms with Crippen molar-refractivity contribution in [2.75, 3.05) is 33.4 Å². The maximum Gasteiger partial charge on any atom is 0.238 e. The lowest BCUT2D eigenvalue weighted by Crippen LogP contribution is -2.35. The van der Waals surface area contributed by atoms with E-state index in [4.69, 9.17) is 4.74 Å². The molecule has 2 rings (SSSR count). The Kier molecular flexibility index (Phi) is 8.45. The van der Waals surface area contributed by atoms with Crippen molar-refractivity contribution in [3.63, 3.8) is 0 Å². The third kappa shape index (κ3) is 6.86. The molecule has 134 valence electrons. The maximum absolute atomic E-state index is 13.1. The van der Waals surface area contributed by atoms with Gasteiger partial charge in [-0.1, -0.05) is 30.3 Å². The van der Waals surface area contributed by atoms with Gasteiger partial charge in [0.25, 0.3) is 0 Å². The fourth-order valence-electron chi connectivity index (χ4n) is 2.22. The van der Waals surface area contributed by atoms with E-state index in [1.807, 2.05) is 30.3 Å². The second kappa shape index (κ2) is 10.9. The van der Waals surface area contributed by atoms with Crippen LogP contribution in [0.3, 0.4) is 0 Å². The summed E-state index contributed by atoms with van der Waals surface area (Å²) in [7, 11) is 1.65. The molecule has 0 aliphatic heterocycles. The van der Waals surface area contributed by atoms with Crippen LogP contribution in [0.4, 0.5) is 4.39 Å². The lowest BCUT2D eigenvalue weighted by Gasteiger charge is -2.17. The molecule has 0 heterocycles. The second-order valence-corrected chi connectivity index (χ2v) is 6.57. The Morgan fingerprint density at radius 3 is 2.48 bits per heavy atom. The van der Waals surface area contributed by atoms with Gasteiger partial charge in [-0.05, 0) is 29.8 Å². The van der Waals surface area contributed by atoms with Crippen LogP contribution in [-0.4, -0.2) is 39.3 Å². The third-order valence-corrected chi connectivity index (χ3v) is 4.76. The molecule has 1 atom stereocenters. The van der Waals surface area contributed by atoms with E-state index >= 15 is 0 Å². The Labute approximate surface area is 152 Å². The fraction of sp³-hybridized carbons (Fsp3) is 0.316. The number of nitrogens with one attached hydrogen (secondary N) is 2. The minimum Gasteiger partial charge on any atom is -0.383 e. The van der Waals surface area contributed by atoms with Gasteiger partial charge in [-0.15, -0.1) is 11.8 Å². The summed E-state index contributed by atoms with van der Waals surface area (Å²) in [5, 5.41) is 5.76. The van der Waals surface area contributed by atoms with E-state index in [0.29, 0.717) is 19.7 Å². The lowest BCUT2D eigenvalue weighted by atomic mass is 10.1. The van der Waals surface area contributed by atoms with E-state index in [1.165, 1.54) is 23.9 Å². The van der Waals surface area contributed by atoms with Crippen LogP contribution >= 0.6 is 11.8 Å². The average Bonchev–Trinajstić information content (AvgIpc) is 2.64. The number of carbonyl (C=O) groups excluding carboxylic acids is 1. The highest BCUT2D eigenvalue weighted by Crippen LogP contribution is 2.35. The van der Waals surface area contributed by atoms with Gasteiger partial charge in [-0.25, -0.2) is 4.39 Å². The highest BCUT2D eigenvalue weighted by atomic mass is 32.2. The molecule has 0 aliphatic rings. The van der Waals surface area contributed by atoms with Crippen molar-refractivity contribution in [1.29, 1.82) is 0 Å². The molecule has 0 spiro atoms. The summed E-state index contributed by atoms with van der Waals surface area (Å²) in [5.74, 6) is -0.346. The predicted molar refractivity (Wildman–Crippen MR) is 99.2 cm³/mol. The molecule has 2 N–H and O–H groups in total. The van der Waals surface area contributed by atoms with E-state index in [0.717, 1.165) is 17.0 Å². The Hall–Kier alpha value is -1.89. The molecular formula is C19H23FN2O2S. The zero-order valence-corrected chi connectivity index (χ0v) is 15.0. The van der Waals surface area contributed by atoms with Crippen LogP contribution < -0.4 is 10.6 Å². The first kappa shape index (κ1) is 19.4. The van der Waals surface area contributed by atoms with Gasteiger partial charge >= 0.3 is 0 Å². The first-order chi connectivity index (χ1) is 12.2.